The smallest absolute Gasteiger partial charge is 0.251 e. The van der Waals surface area contributed by atoms with Crippen LogP contribution in [0.2, 0.25) is 0 Å². The van der Waals surface area contributed by atoms with Gasteiger partial charge in [0.1, 0.15) is 5.82 Å². The van der Waals surface area contributed by atoms with Gasteiger partial charge in [-0.15, -0.1) is 0 Å². The fourth-order valence-corrected chi connectivity index (χ4v) is 2.71. The lowest BCUT2D eigenvalue weighted by molar-refractivity contribution is 0.0952. The third-order valence-electron chi connectivity index (χ3n) is 4.06. The molecule has 1 amide bonds. The molecule has 0 aliphatic carbocycles. The number of fused-ring (bicyclic) bond motifs is 1. The first-order valence-electron chi connectivity index (χ1n) is 7.93. The van der Waals surface area contributed by atoms with Crippen molar-refractivity contribution in [2.24, 2.45) is 7.05 Å². The van der Waals surface area contributed by atoms with Gasteiger partial charge in [-0.3, -0.25) is 9.59 Å². The standard InChI is InChI=1S/C18H20N4O2/c1-13-20-15-6-3-4-7-16(15)22(13)10-5-9-19-18(24)14-8-11-21(2)17(23)12-14/h3-4,6-8,11-12H,5,9-10H2,1-2H3,(H,19,24). The number of pyridine rings is 1. The van der Waals surface area contributed by atoms with Crippen molar-refractivity contribution in [3.05, 3.63) is 64.3 Å². The largest absolute Gasteiger partial charge is 0.352 e. The highest BCUT2D eigenvalue weighted by Gasteiger charge is 2.08. The van der Waals surface area contributed by atoms with Gasteiger partial charge in [0, 0.05) is 38.0 Å². The summed E-state index contributed by atoms with van der Waals surface area (Å²) in [4.78, 5) is 28.2. The second-order valence-corrected chi connectivity index (χ2v) is 5.77. The highest BCUT2D eigenvalue weighted by atomic mass is 16.2. The molecule has 3 aromatic rings. The molecule has 0 atom stereocenters. The van der Waals surface area contributed by atoms with Crippen molar-refractivity contribution in [3.63, 3.8) is 0 Å². The molecule has 24 heavy (non-hydrogen) atoms. The Morgan fingerprint density at radius 3 is 2.83 bits per heavy atom. The molecule has 2 heterocycles. The Morgan fingerprint density at radius 2 is 2.04 bits per heavy atom. The van der Waals surface area contributed by atoms with E-state index in [-0.39, 0.29) is 11.5 Å². The molecular formula is C18H20N4O2. The molecule has 0 unspecified atom stereocenters. The maximum Gasteiger partial charge on any atom is 0.251 e. The Hall–Kier alpha value is -2.89. The summed E-state index contributed by atoms with van der Waals surface area (Å²) in [5, 5.41) is 2.85. The van der Waals surface area contributed by atoms with E-state index < -0.39 is 0 Å². The number of nitrogens with one attached hydrogen (secondary N) is 1. The molecule has 3 rings (SSSR count). The fourth-order valence-electron chi connectivity index (χ4n) is 2.71. The van der Waals surface area contributed by atoms with Crippen LogP contribution >= 0.6 is 0 Å². The van der Waals surface area contributed by atoms with Gasteiger partial charge in [-0.05, 0) is 31.5 Å². The number of aromatic nitrogens is 3. The minimum atomic E-state index is -0.222. The van der Waals surface area contributed by atoms with E-state index in [1.54, 1.807) is 19.3 Å². The first-order chi connectivity index (χ1) is 11.6. The molecule has 6 nitrogen and oxygen atoms in total. The number of imidazole rings is 1. The maximum atomic E-state index is 12.1. The molecule has 0 radical (unpaired) electrons. The maximum absolute atomic E-state index is 12.1. The summed E-state index contributed by atoms with van der Waals surface area (Å²) >= 11 is 0. The molecule has 0 bridgehead atoms. The number of para-hydroxylation sites is 2. The van der Waals surface area contributed by atoms with Gasteiger partial charge in [-0.2, -0.15) is 0 Å². The van der Waals surface area contributed by atoms with Crippen molar-refractivity contribution in [1.82, 2.24) is 19.4 Å². The van der Waals surface area contributed by atoms with Crippen LogP contribution in [0.5, 0.6) is 0 Å². The Morgan fingerprint density at radius 1 is 1.25 bits per heavy atom. The molecule has 2 aromatic heterocycles. The van der Waals surface area contributed by atoms with E-state index >= 15 is 0 Å². The summed E-state index contributed by atoms with van der Waals surface area (Å²) in [6.07, 6.45) is 2.38. The van der Waals surface area contributed by atoms with Gasteiger partial charge >= 0.3 is 0 Å². The van der Waals surface area contributed by atoms with E-state index in [4.69, 9.17) is 0 Å². The van der Waals surface area contributed by atoms with Gasteiger partial charge in [0.05, 0.1) is 11.0 Å². The van der Waals surface area contributed by atoms with Crippen LogP contribution in [-0.2, 0) is 13.6 Å². The van der Waals surface area contributed by atoms with Crippen molar-refractivity contribution in [2.45, 2.75) is 19.9 Å². The number of hydrogen-bond acceptors (Lipinski definition) is 3. The summed E-state index contributed by atoms with van der Waals surface area (Å²) in [5.41, 5.74) is 2.29. The van der Waals surface area contributed by atoms with Crippen LogP contribution in [0.1, 0.15) is 22.6 Å². The number of amides is 1. The molecule has 0 saturated carbocycles. The minimum absolute atomic E-state index is 0.192. The lowest BCUT2D eigenvalue weighted by Crippen LogP contribution is -2.27. The molecule has 0 aliphatic rings. The summed E-state index contributed by atoms with van der Waals surface area (Å²) < 4.78 is 3.59. The fraction of sp³-hybridized carbons (Fsp3) is 0.278. The number of carbonyl (C=O) groups excluding carboxylic acids is 1. The van der Waals surface area contributed by atoms with Crippen molar-refractivity contribution < 1.29 is 4.79 Å². The minimum Gasteiger partial charge on any atom is -0.352 e. The summed E-state index contributed by atoms with van der Waals surface area (Å²) in [7, 11) is 1.65. The van der Waals surface area contributed by atoms with Crippen LogP contribution in [0.3, 0.4) is 0 Å². The monoisotopic (exact) mass is 324 g/mol. The average molecular weight is 324 g/mol. The van der Waals surface area contributed by atoms with Gasteiger partial charge in [0.15, 0.2) is 0 Å². The normalized spacial score (nSPS) is 10.9. The molecule has 0 spiro atoms. The van der Waals surface area contributed by atoms with Gasteiger partial charge in [0.2, 0.25) is 0 Å². The van der Waals surface area contributed by atoms with E-state index in [9.17, 15) is 9.59 Å². The van der Waals surface area contributed by atoms with Crippen molar-refractivity contribution in [3.8, 4) is 0 Å². The molecule has 0 aliphatic heterocycles. The van der Waals surface area contributed by atoms with Crippen LogP contribution in [0, 0.1) is 6.92 Å². The van der Waals surface area contributed by atoms with Gasteiger partial charge < -0.3 is 14.5 Å². The van der Waals surface area contributed by atoms with Crippen LogP contribution in [0.25, 0.3) is 11.0 Å². The van der Waals surface area contributed by atoms with Gasteiger partial charge in [-0.25, -0.2) is 4.98 Å². The number of benzene rings is 1. The van der Waals surface area contributed by atoms with Gasteiger partial charge in [0.25, 0.3) is 11.5 Å². The third-order valence-corrected chi connectivity index (χ3v) is 4.06. The molecule has 1 N–H and O–H groups in total. The van der Waals surface area contributed by atoms with Crippen molar-refractivity contribution >= 4 is 16.9 Å². The van der Waals surface area contributed by atoms with Crippen LogP contribution in [0.4, 0.5) is 0 Å². The molecule has 124 valence electrons. The number of hydrogen-bond donors (Lipinski definition) is 1. The lowest BCUT2D eigenvalue weighted by Gasteiger charge is -2.08. The van der Waals surface area contributed by atoms with E-state index in [1.165, 1.54) is 10.6 Å². The molecule has 1 aromatic carbocycles. The quantitative estimate of drug-likeness (QED) is 0.728. The number of rotatable bonds is 5. The van der Waals surface area contributed by atoms with Crippen LogP contribution < -0.4 is 10.9 Å². The van der Waals surface area contributed by atoms with Crippen molar-refractivity contribution in [2.75, 3.05) is 6.54 Å². The van der Waals surface area contributed by atoms with E-state index in [2.05, 4.69) is 14.9 Å². The second kappa shape index (κ2) is 6.70. The predicted molar refractivity (Wildman–Crippen MR) is 93.1 cm³/mol. The average Bonchev–Trinajstić information content (AvgIpc) is 2.89. The first-order valence-corrected chi connectivity index (χ1v) is 7.93. The Bertz CT molecular complexity index is 940. The zero-order chi connectivity index (χ0) is 17.1. The molecule has 6 heteroatoms. The number of carbonyl (C=O) groups is 1. The highest BCUT2D eigenvalue weighted by molar-refractivity contribution is 5.93. The molecule has 0 saturated heterocycles. The Kier molecular flexibility index (Phi) is 4.46. The zero-order valence-electron chi connectivity index (χ0n) is 13.8. The summed E-state index contributed by atoms with van der Waals surface area (Å²) in [6, 6.07) is 11.0. The third kappa shape index (κ3) is 3.22. The predicted octanol–water partition coefficient (Wildman–Crippen LogP) is 1.86. The SMILES string of the molecule is Cc1nc2ccccc2n1CCCNC(=O)c1ccn(C)c(=O)c1. The highest BCUT2D eigenvalue weighted by Crippen LogP contribution is 2.15. The number of aryl methyl sites for hydroxylation is 3. The first kappa shape index (κ1) is 16.0. The Balaban J connectivity index is 1.58. The lowest BCUT2D eigenvalue weighted by atomic mass is 10.2. The summed E-state index contributed by atoms with van der Waals surface area (Å²) in [6.45, 7) is 3.31. The molecular weight excluding hydrogens is 304 g/mol. The molecule has 0 fully saturated rings. The number of nitrogens with zero attached hydrogens (tertiary/aromatic N) is 3. The van der Waals surface area contributed by atoms with E-state index in [0.29, 0.717) is 12.1 Å². The van der Waals surface area contributed by atoms with Crippen LogP contribution in [-0.4, -0.2) is 26.6 Å². The zero-order valence-corrected chi connectivity index (χ0v) is 13.8. The van der Waals surface area contributed by atoms with Crippen molar-refractivity contribution in [1.29, 1.82) is 0 Å². The van der Waals surface area contributed by atoms with E-state index in [0.717, 1.165) is 29.8 Å². The van der Waals surface area contributed by atoms with Gasteiger partial charge in [-0.1, -0.05) is 12.1 Å². The van der Waals surface area contributed by atoms with E-state index in [1.807, 2.05) is 31.2 Å². The second-order valence-electron chi connectivity index (χ2n) is 5.77. The topological polar surface area (TPSA) is 68.9 Å². The summed E-state index contributed by atoms with van der Waals surface area (Å²) in [5.74, 6) is 0.744. The van der Waals surface area contributed by atoms with Crippen LogP contribution in [0.15, 0.2) is 47.4 Å². The Labute approximate surface area is 139 Å².